The lowest BCUT2D eigenvalue weighted by atomic mass is 9.94. The number of nitrogens with one attached hydrogen (secondary N) is 2. The predicted molar refractivity (Wildman–Crippen MR) is 142 cm³/mol. The number of carbonyl (C=O) groups excluding carboxylic acids is 2. The van der Waals surface area contributed by atoms with E-state index in [9.17, 15) is 9.59 Å². The highest BCUT2D eigenvalue weighted by molar-refractivity contribution is 7.15. The van der Waals surface area contributed by atoms with Gasteiger partial charge in [0.1, 0.15) is 10.0 Å². The summed E-state index contributed by atoms with van der Waals surface area (Å²) in [4.78, 5) is 33.1. The smallest absolute Gasteiger partial charge is 0.232 e. The minimum atomic E-state index is -0.161. The van der Waals surface area contributed by atoms with Crippen molar-refractivity contribution in [3.63, 3.8) is 0 Å². The minimum Gasteiger partial charge on any atom is -0.300 e. The maximum atomic E-state index is 12.4. The van der Waals surface area contributed by atoms with Gasteiger partial charge in [0.2, 0.25) is 22.1 Å². The van der Waals surface area contributed by atoms with Crippen molar-refractivity contribution in [2.75, 3.05) is 10.6 Å². The highest BCUT2D eigenvalue weighted by atomic mass is 32.1. The van der Waals surface area contributed by atoms with E-state index < -0.39 is 0 Å². The van der Waals surface area contributed by atoms with E-state index in [-0.39, 0.29) is 36.5 Å². The summed E-state index contributed by atoms with van der Waals surface area (Å²) in [5.74, 6) is 0.147. The summed E-state index contributed by atoms with van der Waals surface area (Å²) in [6.07, 6.45) is 8.82. The first kappa shape index (κ1) is 25.0. The Hall–Kier alpha value is -3.64. The zero-order chi connectivity index (χ0) is 25.5. The van der Waals surface area contributed by atoms with Gasteiger partial charge >= 0.3 is 0 Å². The van der Waals surface area contributed by atoms with Crippen molar-refractivity contribution < 1.29 is 9.59 Å². The zero-order valence-corrected chi connectivity index (χ0v) is 21.7. The number of pyridine rings is 2. The van der Waals surface area contributed by atoms with Crippen LogP contribution in [0.2, 0.25) is 0 Å². The van der Waals surface area contributed by atoms with E-state index in [0.29, 0.717) is 21.7 Å². The van der Waals surface area contributed by atoms with Crippen molar-refractivity contribution >= 4 is 44.8 Å². The molecule has 12 heteroatoms. The van der Waals surface area contributed by atoms with Crippen LogP contribution in [0.1, 0.15) is 65.3 Å². The average molecular weight is 535 g/mol. The first-order valence-electron chi connectivity index (χ1n) is 12.2. The van der Waals surface area contributed by atoms with Crippen LogP contribution in [0.25, 0.3) is 0 Å². The van der Waals surface area contributed by atoms with Gasteiger partial charge in [-0.05, 0) is 43.5 Å². The number of carbonyl (C=O) groups is 2. The van der Waals surface area contributed by atoms with E-state index in [1.165, 1.54) is 22.7 Å². The highest BCUT2D eigenvalue weighted by Gasteiger charge is 2.28. The minimum absolute atomic E-state index is 0.161. The lowest BCUT2D eigenvalue weighted by molar-refractivity contribution is -0.116. The van der Waals surface area contributed by atoms with Gasteiger partial charge < -0.3 is 10.6 Å². The third kappa shape index (κ3) is 6.98. The van der Waals surface area contributed by atoms with Crippen LogP contribution in [0, 0.1) is 0 Å². The fourth-order valence-electron chi connectivity index (χ4n) is 4.37. The van der Waals surface area contributed by atoms with Crippen molar-refractivity contribution in [1.29, 1.82) is 0 Å². The van der Waals surface area contributed by atoms with Crippen molar-refractivity contribution in [1.82, 2.24) is 30.4 Å². The maximum absolute atomic E-state index is 12.4. The van der Waals surface area contributed by atoms with Crippen molar-refractivity contribution in [3.8, 4) is 0 Å². The molecule has 10 nitrogen and oxygen atoms in total. The number of hydrogen-bond acceptors (Lipinski definition) is 10. The number of nitrogens with zero attached hydrogens (tertiary/aromatic N) is 6. The third-order valence-corrected chi connectivity index (χ3v) is 8.13. The Morgan fingerprint density at radius 2 is 1.22 bits per heavy atom. The fourth-order valence-corrected chi connectivity index (χ4v) is 6.18. The SMILES string of the molecule is O=C(Cc1ccccn1)Nc1nnc(C2CCCCC(c3nnc(NC(=O)Cc4ccccn4)s3)C2)s1. The molecule has 5 rings (SSSR count). The molecule has 0 aromatic carbocycles. The second-order valence-corrected chi connectivity index (χ2v) is 10.9. The molecule has 2 N–H and O–H groups in total. The summed E-state index contributed by atoms with van der Waals surface area (Å²) in [5.41, 5.74) is 1.42. The normalized spacial score (nSPS) is 17.6. The van der Waals surface area contributed by atoms with Gasteiger partial charge in [-0.2, -0.15) is 0 Å². The van der Waals surface area contributed by atoms with Crippen LogP contribution in [0.3, 0.4) is 0 Å². The quantitative estimate of drug-likeness (QED) is 0.318. The topological polar surface area (TPSA) is 136 Å². The number of rotatable bonds is 8. The molecule has 1 aliphatic carbocycles. The number of amides is 2. The highest BCUT2D eigenvalue weighted by Crippen LogP contribution is 2.42. The molecule has 4 aromatic heterocycles. The van der Waals surface area contributed by atoms with E-state index in [0.717, 1.165) is 42.1 Å². The van der Waals surface area contributed by atoms with E-state index in [2.05, 4.69) is 41.0 Å². The molecule has 4 aromatic rings. The first-order valence-corrected chi connectivity index (χ1v) is 13.8. The van der Waals surface area contributed by atoms with Gasteiger partial charge in [0, 0.05) is 35.6 Å². The zero-order valence-electron chi connectivity index (χ0n) is 20.0. The molecule has 0 saturated heterocycles. The van der Waals surface area contributed by atoms with Gasteiger partial charge in [0.05, 0.1) is 12.8 Å². The van der Waals surface area contributed by atoms with Gasteiger partial charge in [-0.25, -0.2) is 0 Å². The van der Waals surface area contributed by atoms with Crippen LogP contribution in [0.5, 0.6) is 0 Å². The predicted octanol–water partition coefficient (Wildman–Crippen LogP) is 4.37. The van der Waals surface area contributed by atoms with Crippen molar-refractivity contribution in [2.45, 2.75) is 56.8 Å². The van der Waals surface area contributed by atoms with Gasteiger partial charge in [-0.3, -0.25) is 19.6 Å². The Balaban J connectivity index is 1.18. The second kappa shape index (κ2) is 12.1. The molecule has 37 heavy (non-hydrogen) atoms. The van der Waals surface area contributed by atoms with Crippen molar-refractivity contribution in [3.05, 3.63) is 70.2 Å². The van der Waals surface area contributed by atoms with Crippen molar-refractivity contribution in [2.24, 2.45) is 0 Å². The molecule has 0 radical (unpaired) electrons. The summed E-state index contributed by atoms with van der Waals surface area (Å²) >= 11 is 2.86. The Morgan fingerprint density at radius 1 is 0.730 bits per heavy atom. The molecule has 2 amide bonds. The molecule has 1 saturated carbocycles. The first-order chi connectivity index (χ1) is 18.1. The summed E-state index contributed by atoms with van der Waals surface area (Å²) in [6, 6.07) is 11.0. The summed E-state index contributed by atoms with van der Waals surface area (Å²) in [7, 11) is 0. The summed E-state index contributed by atoms with van der Waals surface area (Å²) in [5, 5.41) is 25.8. The molecule has 1 fully saturated rings. The van der Waals surface area contributed by atoms with Crippen LogP contribution in [0.4, 0.5) is 10.3 Å². The van der Waals surface area contributed by atoms with E-state index in [1.54, 1.807) is 12.4 Å². The van der Waals surface area contributed by atoms with Crippen LogP contribution < -0.4 is 10.6 Å². The Labute approximate surface area is 222 Å². The molecular weight excluding hydrogens is 508 g/mol. The maximum Gasteiger partial charge on any atom is 0.232 e. The van der Waals surface area contributed by atoms with Gasteiger partial charge in [0.15, 0.2) is 0 Å². The molecular formula is C25H26N8O2S2. The van der Waals surface area contributed by atoms with Crippen LogP contribution in [-0.2, 0) is 22.4 Å². The summed E-state index contributed by atoms with van der Waals surface area (Å²) in [6.45, 7) is 0. The van der Waals surface area contributed by atoms with Crippen LogP contribution in [0.15, 0.2) is 48.8 Å². The number of hydrogen-bond donors (Lipinski definition) is 2. The fraction of sp³-hybridized carbons (Fsp3) is 0.360. The molecule has 0 spiro atoms. The molecule has 0 aliphatic heterocycles. The standard InChI is InChI=1S/C25H26N8O2S2/c34-20(14-18-9-3-5-11-26-18)28-24-32-30-22(36-24)16-7-1-2-8-17(13-16)23-31-33-25(37-23)29-21(35)15-19-10-4-6-12-27-19/h3-6,9-12,16-17H,1-2,7-8,13-15H2,(H,28,32,34)(H,29,33,35). The Kier molecular flexibility index (Phi) is 8.16. The third-order valence-electron chi connectivity index (χ3n) is 6.13. The summed E-state index contributed by atoms with van der Waals surface area (Å²) < 4.78 is 0. The van der Waals surface area contributed by atoms with E-state index in [1.807, 2.05) is 36.4 Å². The monoisotopic (exact) mass is 534 g/mol. The second-order valence-electron chi connectivity index (χ2n) is 8.90. The largest absolute Gasteiger partial charge is 0.300 e. The van der Waals surface area contributed by atoms with E-state index >= 15 is 0 Å². The Bertz CT molecular complexity index is 1230. The average Bonchev–Trinajstić information content (AvgIpc) is 3.49. The molecule has 4 heterocycles. The molecule has 2 atom stereocenters. The lowest BCUT2D eigenvalue weighted by Gasteiger charge is -2.15. The van der Waals surface area contributed by atoms with E-state index in [4.69, 9.17) is 0 Å². The molecule has 1 aliphatic rings. The molecule has 190 valence electrons. The number of aromatic nitrogens is 6. The molecule has 2 unspecified atom stereocenters. The van der Waals surface area contributed by atoms with Gasteiger partial charge in [-0.15, -0.1) is 20.4 Å². The van der Waals surface area contributed by atoms with Gasteiger partial charge in [0.25, 0.3) is 0 Å². The molecule has 0 bridgehead atoms. The Morgan fingerprint density at radius 3 is 1.65 bits per heavy atom. The van der Waals surface area contributed by atoms with Gasteiger partial charge in [-0.1, -0.05) is 47.6 Å². The lowest BCUT2D eigenvalue weighted by Crippen LogP contribution is -2.14. The van der Waals surface area contributed by atoms with Crippen LogP contribution >= 0.6 is 22.7 Å². The number of anilines is 2. The van der Waals surface area contributed by atoms with Crippen LogP contribution in [-0.4, -0.2) is 42.2 Å².